The van der Waals surface area contributed by atoms with E-state index in [9.17, 15) is 4.39 Å². The lowest BCUT2D eigenvalue weighted by Gasteiger charge is -1.99. The van der Waals surface area contributed by atoms with E-state index < -0.39 is 0 Å². The molecule has 4 heteroatoms. The maximum absolute atomic E-state index is 12.1. The van der Waals surface area contributed by atoms with Crippen molar-refractivity contribution in [3.63, 3.8) is 0 Å². The third kappa shape index (κ3) is 2.05. The molecule has 16 heavy (non-hydrogen) atoms. The van der Waals surface area contributed by atoms with E-state index >= 15 is 0 Å². The molecule has 1 aromatic heterocycles. The first-order valence-electron chi connectivity index (χ1n) is 5.15. The highest BCUT2D eigenvalue weighted by Gasteiger charge is 2.04. The first-order valence-corrected chi connectivity index (χ1v) is 5.15. The summed E-state index contributed by atoms with van der Waals surface area (Å²) in [4.78, 5) is 0. The average molecular weight is 219 g/mol. The quantitative estimate of drug-likeness (QED) is 0.859. The molecule has 0 fully saturated rings. The van der Waals surface area contributed by atoms with E-state index in [2.05, 4.69) is 5.10 Å². The third-order valence-electron chi connectivity index (χ3n) is 2.55. The van der Waals surface area contributed by atoms with Gasteiger partial charge in [0.05, 0.1) is 12.4 Å². The molecule has 84 valence electrons. The number of aryl methyl sites for hydroxylation is 2. The van der Waals surface area contributed by atoms with E-state index in [1.165, 1.54) is 0 Å². The average Bonchev–Trinajstić information content (AvgIpc) is 2.61. The van der Waals surface area contributed by atoms with E-state index in [1.54, 1.807) is 11.7 Å². The van der Waals surface area contributed by atoms with Crippen molar-refractivity contribution in [3.8, 4) is 11.3 Å². The Labute approximate surface area is 93.7 Å². The van der Waals surface area contributed by atoms with Crippen LogP contribution in [0.2, 0.25) is 0 Å². The number of anilines is 1. The number of nitrogens with two attached hydrogens (primary N) is 1. The fourth-order valence-electron chi connectivity index (χ4n) is 1.57. The molecule has 0 aliphatic rings. The number of alkyl halides is 1. The van der Waals surface area contributed by atoms with Crippen LogP contribution in [0.3, 0.4) is 0 Å². The van der Waals surface area contributed by atoms with E-state index in [1.807, 2.05) is 30.3 Å². The minimum Gasteiger partial charge on any atom is -0.384 e. The molecule has 3 nitrogen and oxygen atoms in total. The predicted molar refractivity (Wildman–Crippen MR) is 62.7 cm³/mol. The summed E-state index contributed by atoms with van der Waals surface area (Å²) < 4.78 is 13.8. The zero-order chi connectivity index (χ0) is 11.5. The molecule has 0 saturated carbocycles. The molecule has 0 radical (unpaired) electrons. The molecule has 0 saturated heterocycles. The molecule has 0 unspecified atom stereocenters. The summed E-state index contributed by atoms with van der Waals surface area (Å²) in [7, 11) is 1.80. The number of nitrogen functional groups attached to an aromatic ring is 1. The SMILES string of the molecule is Cn1nc(-c2ccc(CCF)cc2)cc1N. The lowest BCUT2D eigenvalue weighted by Crippen LogP contribution is -1.96. The van der Waals surface area contributed by atoms with Crippen LogP contribution < -0.4 is 5.73 Å². The number of aromatic nitrogens is 2. The fraction of sp³-hybridized carbons (Fsp3) is 0.250. The van der Waals surface area contributed by atoms with Crippen LogP contribution in [0.25, 0.3) is 11.3 Å². The molecule has 0 aliphatic heterocycles. The molecule has 1 heterocycles. The second-order valence-electron chi connectivity index (χ2n) is 3.71. The van der Waals surface area contributed by atoms with Gasteiger partial charge in [0.25, 0.3) is 0 Å². The standard InChI is InChI=1S/C12H14FN3/c1-16-12(14)8-11(15-16)10-4-2-9(3-5-10)6-7-13/h2-5,8H,6-7,14H2,1H3. The van der Waals surface area contributed by atoms with Gasteiger partial charge < -0.3 is 5.73 Å². The zero-order valence-electron chi connectivity index (χ0n) is 9.15. The van der Waals surface area contributed by atoms with Crippen LogP contribution in [-0.4, -0.2) is 16.5 Å². The molecule has 1 aromatic carbocycles. The summed E-state index contributed by atoms with van der Waals surface area (Å²) in [5, 5.41) is 4.27. The van der Waals surface area contributed by atoms with E-state index in [-0.39, 0.29) is 6.67 Å². The monoisotopic (exact) mass is 219 g/mol. The first-order chi connectivity index (χ1) is 7.70. The molecule has 0 bridgehead atoms. The smallest absolute Gasteiger partial charge is 0.121 e. The zero-order valence-corrected chi connectivity index (χ0v) is 9.15. The molecular formula is C12H14FN3. The van der Waals surface area contributed by atoms with Crippen LogP contribution in [0.1, 0.15) is 5.56 Å². The number of hydrogen-bond donors (Lipinski definition) is 1. The van der Waals surface area contributed by atoms with Gasteiger partial charge in [-0.05, 0) is 5.56 Å². The molecule has 2 aromatic rings. The van der Waals surface area contributed by atoms with Gasteiger partial charge in [-0.15, -0.1) is 0 Å². The summed E-state index contributed by atoms with van der Waals surface area (Å²) >= 11 is 0. The topological polar surface area (TPSA) is 43.8 Å². The molecule has 0 atom stereocenters. The Balaban J connectivity index is 2.27. The first kappa shape index (κ1) is 10.7. The van der Waals surface area contributed by atoms with Gasteiger partial charge in [0.2, 0.25) is 0 Å². The van der Waals surface area contributed by atoms with Gasteiger partial charge in [0.1, 0.15) is 5.82 Å². The van der Waals surface area contributed by atoms with Gasteiger partial charge in [-0.1, -0.05) is 24.3 Å². The molecule has 0 aliphatic carbocycles. The highest BCUT2D eigenvalue weighted by atomic mass is 19.1. The summed E-state index contributed by atoms with van der Waals surface area (Å²) in [6.45, 7) is -0.324. The molecule has 2 rings (SSSR count). The number of nitrogens with zero attached hydrogens (tertiary/aromatic N) is 2. The summed E-state index contributed by atoms with van der Waals surface area (Å²) in [5.74, 6) is 0.628. The summed E-state index contributed by atoms with van der Waals surface area (Å²) in [5.41, 5.74) is 8.54. The van der Waals surface area contributed by atoms with Crippen LogP contribution in [0.15, 0.2) is 30.3 Å². The molecular weight excluding hydrogens is 205 g/mol. The lowest BCUT2D eigenvalue weighted by molar-refractivity contribution is 0.495. The van der Waals surface area contributed by atoms with Gasteiger partial charge in [-0.25, -0.2) is 0 Å². The van der Waals surface area contributed by atoms with Crippen LogP contribution in [-0.2, 0) is 13.5 Å². The van der Waals surface area contributed by atoms with Crippen molar-refractivity contribution in [1.82, 2.24) is 9.78 Å². The number of halogens is 1. The molecule has 0 amide bonds. The Morgan fingerprint density at radius 3 is 2.50 bits per heavy atom. The summed E-state index contributed by atoms with van der Waals surface area (Å²) in [6, 6.07) is 9.53. The Morgan fingerprint density at radius 1 is 1.31 bits per heavy atom. The van der Waals surface area contributed by atoms with Crippen LogP contribution in [0, 0.1) is 0 Å². The van der Waals surface area contributed by atoms with E-state index in [0.717, 1.165) is 16.8 Å². The number of benzene rings is 1. The largest absolute Gasteiger partial charge is 0.384 e. The number of hydrogen-bond acceptors (Lipinski definition) is 2. The van der Waals surface area contributed by atoms with Crippen LogP contribution in [0.5, 0.6) is 0 Å². The maximum atomic E-state index is 12.1. The highest BCUT2D eigenvalue weighted by Crippen LogP contribution is 2.20. The van der Waals surface area contributed by atoms with Gasteiger partial charge in [0, 0.05) is 25.1 Å². The normalized spacial score (nSPS) is 10.6. The number of rotatable bonds is 3. The van der Waals surface area contributed by atoms with Gasteiger partial charge >= 0.3 is 0 Å². The fourth-order valence-corrected chi connectivity index (χ4v) is 1.57. The molecule has 2 N–H and O–H groups in total. The van der Waals surface area contributed by atoms with E-state index in [0.29, 0.717) is 12.2 Å². The third-order valence-corrected chi connectivity index (χ3v) is 2.55. The Morgan fingerprint density at radius 2 is 2.00 bits per heavy atom. The maximum Gasteiger partial charge on any atom is 0.121 e. The van der Waals surface area contributed by atoms with Gasteiger partial charge in [-0.3, -0.25) is 9.07 Å². The Hall–Kier alpha value is -1.84. The van der Waals surface area contributed by atoms with Gasteiger partial charge in [0.15, 0.2) is 0 Å². The second-order valence-corrected chi connectivity index (χ2v) is 3.71. The minimum atomic E-state index is -0.324. The van der Waals surface area contributed by atoms with Crippen molar-refractivity contribution >= 4 is 5.82 Å². The van der Waals surface area contributed by atoms with Crippen LogP contribution >= 0.6 is 0 Å². The van der Waals surface area contributed by atoms with Crippen molar-refractivity contribution in [2.75, 3.05) is 12.4 Å². The highest BCUT2D eigenvalue weighted by molar-refractivity contribution is 5.62. The summed E-state index contributed by atoms with van der Waals surface area (Å²) in [6.07, 6.45) is 0.463. The second kappa shape index (κ2) is 4.35. The molecule has 0 spiro atoms. The van der Waals surface area contributed by atoms with E-state index in [4.69, 9.17) is 5.73 Å². The van der Waals surface area contributed by atoms with Gasteiger partial charge in [-0.2, -0.15) is 5.10 Å². The lowest BCUT2D eigenvalue weighted by atomic mass is 10.1. The van der Waals surface area contributed by atoms with Crippen molar-refractivity contribution in [2.24, 2.45) is 7.05 Å². The van der Waals surface area contributed by atoms with Crippen LogP contribution in [0.4, 0.5) is 10.2 Å². The Bertz CT molecular complexity index is 454. The predicted octanol–water partition coefficient (Wildman–Crippen LogP) is 2.18. The van der Waals surface area contributed by atoms with Crippen molar-refractivity contribution in [1.29, 1.82) is 0 Å². The minimum absolute atomic E-state index is 0.324. The van der Waals surface area contributed by atoms with Crippen molar-refractivity contribution < 1.29 is 4.39 Å². The van der Waals surface area contributed by atoms with Crippen molar-refractivity contribution in [3.05, 3.63) is 35.9 Å². The Kier molecular flexibility index (Phi) is 2.90. The van der Waals surface area contributed by atoms with Crippen molar-refractivity contribution in [2.45, 2.75) is 6.42 Å².